The molecular weight excluding hydrogens is 254 g/mol. The number of carboxylic acid groups (broad SMARTS) is 1. The van der Waals surface area contributed by atoms with Gasteiger partial charge in [-0.2, -0.15) is 0 Å². The van der Waals surface area contributed by atoms with Crippen LogP contribution in [0.4, 0.5) is 0 Å². The largest absolute Gasteiger partial charge is 0.481 e. The molecule has 110 valence electrons. The Hall–Kier alpha value is -1.84. The number of hydrogen-bond acceptors (Lipinski definition) is 2. The summed E-state index contributed by atoms with van der Waals surface area (Å²) in [7, 11) is 0. The lowest BCUT2D eigenvalue weighted by molar-refractivity contribution is -0.140. The molecular formula is C16H23NO3. The summed E-state index contributed by atoms with van der Waals surface area (Å²) >= 11 is 0. The number of rotatable bonds is 8. The van der Waals surface area contributed by atoms with E-state index in [2.05, 4.69) is 12.1 Å². The van der Waals surface area contributed by atoms with Gasteiger partial charge in [0.1, 0.15) is 0 Å². The third kappa shape index (κ3) is 5.43. The Balaban J connectivity index is 2.41. The van der Waals surface area contributed by atoms with Gasteiger partial charge in [0.2, 0.25) is 5.91 Å². The summed E-state index contributed by atoms with van der Waals surface area (Å²) in [4.78, 5) is 24.5. The number of benzene rings is 1. The number of nitrogens with zero attached hydrogens (tertiary/aromatic N) is 1. The minimum atomic E-state index is -0.868. The van der Waals surface area contributed by atoms with Gasteiger partial charge in [-0.3, -0.25) is 9.59 Å². The van der Waals surface area contributed by atoms with Crippen LogP contribution in [0.1, 0.15) is 38.7 Å². The van der Waals surface area contributed by atoms with Gasteiger partial charge in [-0.15, -0.1) is 0 Å². The first-order chi connectivity index (χ1) is 9.54. The van der Waals surface area contributed by atoms with Crippen molar-refractivity contribution in [3.63, 3.8) is 0 Å². The molecule has 0 saturated heterocycles. The number of aliphatic carboxylic acids is 1. The smallest absolute Gasteiger partial charge is 0.305 e. The van der Waals surface area contributed by atoms with Crippen molar-refractivity contribution in [1.29, 1.82) is 0 Å². The van der Waals surface area contributed by atoms with Gasteiger partial charge in [0, 0.05) is 19.0 Å². The van der Waals surface area contributed by atoms with Crippen LogP contribution < -0.4 is 0 Å². The molecule has 1 aromatic carbocycles. The quantitative estimate of drug-likeness (QED) is 0.795. The van der Waals surface area contributed by atoms with E-state index in [0.717, 1.165) is 12.8 Å². The number of hydrogen-bond donors (Lipinski definition) is 1. The molecule has 0 aliphatic rings. The first-order valence-corrected chi connectivity index (χ1v) is 7.09. The minimum absolute atomic E-state index is 0.00172. The highest BCUT2D eigenvalue weighted by atomic mass is 16.4. The molecule has 0 aliphatic carbocycles. The Morgan fingerprint density at radius 2 is 1.90 bits per heavy atom. The summed E-state index contributed by atoms with van der Waals surface area (Å²) < 4.78 is 0. The second kappa shape index (κ2) is 8.35. The highest BCUT2D eigenvalue weighted by molar-refractivity contribution is 5.77. The zero-order chi connectivity index (χ0) is 15.0. The Morgan fingerprint density at radius 3 is 2.45 bits per heavy atom. The molecule has 0 fully saturated rings. The molecule has 0 bridgehead atoms. The molecule has 0 spiro atoms. The molecule has 1 atom stereocenters. The summed E-state index contributed by atoms with van der Waals surface area (Å²) in [6.45, 7) is 4.22. The third-order valence-electron chi connectivity index (χ3n) is 3.36. The Morgan fingerprint density at radius 1 is 1.25 bits per heavy atom. The third-order valence-corrected chi connectivity index (χ3v) is 3.36. The first-order valence-electron chi connectivity index (χ1n) is 7.09. The van der Waals surface area contributed by atoms with Crippen molar-refractivity contribution >= 4 is 11.9 Å². The van der Waals surface area contributed by atoms with E-state index in [1.54, 1.807) is 11.8 Å². The van der Waals surface area contributed by atoms with Crippen molar-refractivity contribution in [2.24, 2.45) is 0 Å². The lowest BCUT2D eigenvalue weighted by Gasteiger charge is -2.27. The molecule has 0 radical (unpaired) electrons. The zero-order valence-corrected chi connectivity index (χ0v) is 12.2. The van der Waals surface area contributed by atoms with Crippen molar-refractivity contribution in [3.05, 3.63) is 35.9 Å². The monoisotopic (exact) mass is 277 g/mol. The molecule has 4 nitrogen and oxygen atoms in total. The van der Waals surface area contributed by atoms with Gasteiger partial charge in [0.05, 0.1) is 6.42 Å². The molecule has 0 heterocycles. The fourth-order valence-corrected chi connectivity index (χ4v) is 2.33. The molecule has 1 rings (SSSR count). The van der Waals surface area contributed by atoms with Gasteiger partial charge in [0.25, 0.3) is 0 Å². The number of carboxylic acids is 1. The van der Waals surface area contributed by atoms with Crippen LogP contribution in [0, 0.1) is 0 Å². The maximum Gasteiger partial charge on any atom is 0.305 e. The predicted molar refractivity (Wildman–Crippen MR) is 78.5 cm³/mol. The van der Waals surface area contributed by atoms with E-state index >= 15 is 0 Å². The maximum absolute atomic E-state index is 12.1. The van der Waals surface area contributed by atoms with Gasteiger partial charge in [-0.05, 0) is 32.3 Å². The number of aryl methyl sites for hydroxylation is 1. The topological polar surface area (TPSA) is 57.6 Å². The van der Waals surface area contributed by atoms with Crippen molar-refractivity contribution in [3.8, 4) is 0 Å². The van der Waals surface area contributed by atoms with Crippen LogP contribution in [0.25, 0.3) is 0 Å². The average Bonchev–Trinajstić information content (AvgIpc) is 2.40. The van der Waals surface area contributed by atoms with E-state index in [4.69, 9.17) is 5.11 Å². The lowest BCUT2D eigenvalue weighted by atomic mass is 10.1. The molecule has 1 unspecified atom stereocenters. The summed E-state index contributed by atoms with van der Waals surface area (Å²) in [5.41, 5.74) is 1.22. The van der Waals surface area contributed by atoms with Crippen LogP contribution in [-0.4, -0.2) is 34.5 Å². The Labute approximate surface area is 120 Å². The van der Waals surface area contributed by atoms with Gasteiger partial charge < -0.3 is 10.0 Å². The van der Waals surface area contributed by atoms with Crippen molar-refractivity contribution in [1.82, 2.24) is 4.90 Å². The lowest BCUT2D eigenvalue weighted by Crippen LogP contribution is -2.39. The van der Waals surface area contributed by atoms with Crippen LogP contribution in [0.5, 0.6) is 0 Å². The molecule has 20 heavy (non-hydrogen) atoms. The summed E-state index contributed by atoms with van der Waals surface area (Å²) in [6, 6.07) is 9.81. The van der Waals surface area contributed by atoms with Crippen LogP contribution in [0.15, 0.2) is 30.3 Å². The van der Waals surface area contributed by atoms with Crippen LogP contribution in [0.2, 0.25) is 0 Å². The normalized spacial score (nSPS) is 11.9. The van der Waals surface area contributed by atoms with E-state index in [1.807, 2.05) is 25.1 Å². The average molecular weight is 277 g/mol. The standard InChI is InChI=1S/C16H23NO3/c1-3-17(13(2)12-16(19)20)15(18)11-7-10-14-8-5-4-6-9-14/h4-6,8-9,13H,3,7,10-12H2,1-2H3,(H,19,20). The SMILES string of the molecule is CCN(C(=O)CCCc1ccccc1)C(C)CC(=O)O. The van der Waals surface area contributed by atoms with E-state index in [-0.39, 0.29) is 18.4 Å². The Bertz CT molecular complexity index is 431. The van der Waals surface area contributed by atoms with Crippen LogP contribution in [-0.2, 0) is 16.0 Å². The molecule has 0 saturated carbocycles. The fourth-order valence-electron chi connectivity index (χ4n) is 2.33. The van der Waals surface area contributed by atoms with E-state index in [0.29, 0.717) is 13.0 Å². The molecule has 1 N–H and O–H groups in total. The number of carbonyl (C=O) groups excluding carboxylic acids is 1. The summed E-state index contributed by atoms with van der Waals surface area (Å²) in [5.74, 6) is -0.829. The Kier molecular flexibility index (Phi) is 6.77. The van der Waals surface area contributed by atoms with Gasteiger partial charge in [-0.1, -0.05) is 30.3 Å². The predicted octanol–water partition coefficient (Wildman–Crippen LogP) is 2.72. The second-order valence-electron chi connectivity index (χ2n) is 4.97. The number of amides is 1. The van der Waals surface area contributed by atoms with Gasteiger partial charge >= 0.3 is 5.97 Å². The molecule has 0 aromatic heterocycles. The van der Waals surface area contributed by atoms with E-state index in [9.17, 15) is 9.59 Å². The van der Waals surface area contributed by atoms with Crippen molar-refractivity contribution in [2.75, 3.05) is 6.54 Å². The molecule has 4 heteroatoms. The first kappa shape index (κ1) is 16.2. The van der Waals surface area contributed by atoms with Gasteiger partial charge in [-0.25, -0.2) is 0 Å². The summed E-state index contributed by atoms with van der Waals surface area (Å²) in [5, 5.41) is 8.80. The van der Waals surface area contributed by atoms with Crippen LogP contribution in [0.3, 0.4) is 0 Å². The maximum atomic E-state index is 12.1. The molecule has 1 amide bonds. The fraction of sp³-hybridized carbons (Fsp3) is 0.500. The number of carbonyl (C=O) groups is 2. The van der Waals surface area contributed by atoms with Crippen LogP contribution >= 0.6 is 0 Å². The zero-order valence-electron chi connectivity index (χ0n) is 12.2. The summed E-state index contributed by atoms with van der Waals surface area (Å²) in [6.07, 6.45) is 2.13. The van der Waals surface area contributed by atoms with E-state index in [1.165, 1.54) is 5.56 Å². The minimum Gasteiger partial charge on any atom is -0.481 e. The highest BCUT2D eigenvalue weighted by Gasteiger charge is 2.20. The van der Waals surface area contributed by atoms with Crippen molar-refractivity contribution in [2.45, 2.75) is 45.6 Å². The second-order valence-corrected chi connectivity index (χ2v) is 4.97. The molecule has 1 aromatic rings. The molecule has 0 aliphatic heterocycles. The van der Waals surface area contributed by atoms with E-state index < -0.39 is 5.97 Å². The highest BCUT2D eigenvalue weighted by Crippen LogP contribution is 2.10. The van der Waals surface area contributed by atoms with Gasteiger partial charge in [0.15, 0.2) is 0 Å². The van der Waals surface area contributed by atoms with Crippen molar-refractivity contribution < 1.29 is 14.7 Å².